The Balaban J connectivity index is 2.30. The summed E-state index contributed by atoms with van der Waals surface area (Å²) in [4.78, 5) is 4.61. The van der Waals surface area contributed by atoms with Gasteiger partial charge in [-0.25, -0.2) is 0 Å². The van der Waals surface area contributed by atoms with E-state index in [0.29, 0.717) is 6.61 Å². The third-order valence-electron chi connectivity index (χ3n) is 2.88. The molecule has 0 saturated heterocycles. The van der Waals surface area contributed by atoms with E-state index in [4.69, 9.17) is 4.74 Å². The SMILES string of the molecule is C=C(C)CCOc1cc(CNC)nc2ccccc12. The molecule has 0 radical (unpaired) electrons. The van der Waals surface area contributed by atoms with Gasteiger partial charge in [0.1, 0.15) is 5.75 Å². The molecule has 0 aliphatic carbocycles. The van der Waals surface area contributed by atoms with E-state index in [-0.39, 0.29) is 0 Å². The van der Waals surface area contributed by atoms with Gasteiger partial charge in [0, 0.05) is 24.4 Å². The third kappa shape index (κ3) is 3.55. The van der Waals surface area contributed by atoms with Gasteiger partial charge >= 0.3 is 0 Å². The van der Waals surface area contributed by atoms with E-state index >= 15 is 0 Å². The van der Waals surface area contributed by atoms with Crippen molar-refractivity contribution < 1.29 is 4.74 Å². The summed E-state index contributed by atoms with van der Waals surface area (Å²) in [7, 11) is 1.92. The third-order valence-corrected chi connectivity index (χ3v) is 2.88. The molecule has 0 amide bonds. The zero-order valence-electron chi connectivity index (χ0n) is 11.6. The summed E-state index contributed by atoms with van der Waals surface area (Å²) in [6.07, 6.45) is 0.873. The Kier molecular flexibility index (Phi) is 4.53. The Bertz CT molecular complexity index is 578. The lowest BCUT2D eigenvalue weighted by Crippen LogP contribution is -2.08. The van der Waals surface area contributed by atoms with Gasteiger partial charge in [0.2, 0.25) is 0 Å². The standard InChI is InChI=1S/C16H20N2O/c1-12(2)8-9-19-16-10-13(11-17-3)18-15-7-5-4-6-14(15)16/h4-7,10,17H,1,8-9,11H2,2-3H3. The van der Waals surface area contributed by atoms with E-state index in [1.807, 2.05) is 44.3 Å². The second-order valence-corrected chi connectivity index (χ2v) is 4.71. The van der Waals surface area contributed by atoms with Crippen molar-refractivity contribution in [1.29, 1.82) is 0 Å². The highest BCUT2D eigenvalue weighted by molar-refractivity contribution is 5.85. The quantitative estimate of drug-likeness (QED) is 0.805. The van der Waals surface area contributed by atoms with E-state index in [1.165, 1.54) is 0 Å². The molecule has 0 aliphatic rings. The van der Waals surface area contributed by atoms with Crippen molar-refractivity contribution in [3.8, 4) is 5.75 Å². The number of nitrogens with one attached hydrogen (secondary N) is 1. The fourth-order valence-corrected chi connectivity index (χ4v) is 1.92. The largest absolute Gasteiger partial charge is 0.492 e. The highest BCUT2D eigenvalue weighted by atomic mass is 16.5. The fourth-order valence-electron chi connectivity index (χ4n) is 1.92. The van der Waals surface area contributed by atoms with Crippen LogP contribution in [0.4, 0.5) is 0 Å². The zero-order valence-corrected chi connectivity index (χ0v) is 11.6. The molecule has 1 heterocycles. The van der Waals surface area contributed by atoms with E-state index in [2.05, 4.69) is 16.9 Å². The molecule has 1 N–H and O–H groups in total. The molecule has 0 aliphatic heterocycles. The second kappa shape index (κ2) is 6.34. The van der Waals surface area contributed by atoms with Gasteiger partial charge in [0.25, 0.3) is 0 Å². The van der Waals surface area contributed by atoms with E-state index in [9.17, 15) is 0 Å². The Morgan fingerprint density at radius 3 is 2.89 bits per heavy atom. The molecule has 2 rings (SSSR count). The van der Waals surface area contributed by atoms with Crippen molar-refractivity contribution in [2.24, 2.45) is 0 Å². The smallest absolute Gasteiger partial charge is 0.130 e. The lowest BCUT2D eigenvalue weighted by Gasteiger charge is -2.11. The van der Waals surface area contributed by atoms with Gasteiger partial charge in [-0.3, -0.25) is 4.98 Å². The van der Waals surface area contributed by atoms with Crippen LogP contribution in [0.3, 0.4) is 0 Å². The molecular formula is C16H20N2O. The lowest BCUT2D eigenvalue weighted by molar-refractivity contribution is 0.325. The molecule has 1 aromatic heterocycles. The van der Waals surface area contributed by atoms with Crippen LogP contribution >= 0.6 is 0 Å². The second-order valence-electron chi connectivity index (χ2n) is 4.71. The number of nitrogens with zero attached hydrogens (tertiary/aromatic N) is 1. The van der Waals surface area contributed by atoms with Gasteiger partial charge in [-0.1, -0.05) is 17.7 Å². The fraction of sp³-hybridized carbons (Fsp3) is 0.312. The maximum atomic E-state index is 5.89. The first-order valence-corrected chi connectivity index (χ1v) is 6.51. The van der Waals surface area contributed by atoms with Crippen LogP contribution in [-0.2, 0) is 6.54 Å². The Morgan fingerprint density at radius 1 is 1.37 bits per heavy atom. The molecule has 0 saturated carbocycles. The number of benzene rings is 1. The molecule has 19 heavy (non-hydrogen) atoms. The molecule has 2 aromatic rings. The Hall–Kier alpha value is -1.87. The minimum Gasteiger partial charge on any atom is -0.492 e. The highest BCUT2D eigenvalue weighted by Gasteiger charge is 2.06. The number of ether oxygens (including phenoxy) is 1. The minimum absolute atomic E-state index is 0.655. The summed E-state index contributed by atoms with van der Waals surface area (Å²) < 4.78 is 5.89. The Morgan fingerprint density at radius 2 is 2.16 bits per heavy atom. The summed E-state index contributed by atoms with van der Waals surface area (Å²) in [5.41, 5.74) is 3.10. The van der Waals surface area contributed by atoms with Crippen molar-refractivity contribution in [1.82, 2.24) is 10.3 Å². The average Bonchev–Trinajstić information content (AvgIpc) is 2.38. The summed E-state index contributed by atoms with van der Waals surface area (Å²) in [6.45, 7) is 7.30. The van der Waals surface area contributed by atoms with E-state index < -0.39 is 0 Å². The van der Waals surface area contributed by atoms with Crippen molar-refractivity contribution in [3.63, 3.8) is 0 Å². The van der Waals surface area contributed by atoms with Crippen LogP contribution in [-0.4, -0.2) is 18.6 Å². The molecule has 0 bridgehead atoms. The molecule has 0 spiro atoms. The summed E-state index contributed by atoms with van der Waals surface area (Å²) >= 11 is 0. The molecule has 0 fully saturated rings. The van der Waals surface area contributed by atoms with Crippen molar-refractivity contribution in [2.45, 2.75) is 19.9 Å². The number of rotatable bonds is 6. The van der Waals surface area contributed by atoms with Gasteiger partial charge in [-0.2, -0.15) is 0 Å². The Labute approximate surface area is 114 Å². The molecule has 3 heteroatoms. The first-order chi connectivity index (χ1) is 9.20. The van der Waals surface area contributed by atoms with Gasteiger partial charge in [0.15, 0.2) is 0 Å². The molecule has 0 atom stereocenters. The van der Waals surface area contributed by atoms with Crippen molar-refractivity contribution >= 4 is 10.9 Å². The maximum absolute atomic E-state index is 5.89. The van der Waals surface area contributed by atoms with Gasteiger partial charge in [0.05, 0.1) is 17.8 Å². The number of aromatic nitrogens is 1. The number of para-hydroxylation sites is 1. The number of hydrogen-bond donors (Lipinski definition) is 1. The normalized spacial score (nSPS) is 10.6. The van der Waals surface area contributed by atoms with Crippen LogP contribution in [0.15, 0.2) is 42.5 Å². The molecule has 1 aromatic carbocycles. The zero-order chi connectivity index (χ0) is 13.7. The van der Waals surface area contributed by atoms with Crippen molar-refractivity contribution in [3.05, 3.63) is 48.2 Å². The summed E-state index contributed by atoms with van der Waals surface area (Å²) in [5.74, 6) is 0.900. The predicted octanol–water partition coefficient (Wildman–Crippen LogP) is 3.30. The number of pyridine rings is 1. The van der Waals surface area contributed by atoms with Crippen LogP contribution in [0.1, 0.15) is 19.0 Å². The molecular weight excluding hydrogens is 236 g/mol. The monoisotopic (exact) mass is 256 g/mol. The average molecular weight is 256 g/mol. The molecule has 3 nitrogen and oxygen atoms in total. The van der Waals surface area contributed by atoms with Crippen LogP contribution in [0.2, 0.25) is 0 Å². The summed E-state index contributed by atoms with van der Waals surface area (Å²) in [5, 5.41) is 4.18. The topological polar surface area (TPSA) is 34.1 Å². The van der Waals surface area contributed by atoms with Crippen LogP contribution < -0.4 is 10.1 Å². The van der Waals surface area contributed by atoms with E-state index in [0.717, 1.165) is 40.9 Å². The highest BCUT2D eigenvalue weighted by Crippen LogP contribution is 2.25. The van der Waals surface area contributed by atoms with Gasteiger partial charge < -0.3 is 10.1 Å². The van der Waals surface area contributed by atoms with E-state index in [1.54, 1.807) is 0 Å². The van der Waals surface area contributed by atoms with Gasteiger partial charge in [-0.05, 0) is 26.1 Å². The maximum Gasteiger partial charge on any atom is 0.130 e. The number of fused-ring (bicyclic) bond motifs is 1. The van der Waals surface area contributed by atoms with Crippen molar-refractivity contribution in [2.75, 3.05) is 13.7 Å². The van der Waals surface area contributed by atoms with Crippen LogP contribution in [0.5, 0.6) is 5.75 Å². The number of hydrogen-bond acceptors (Lipinski definition) is 3. The van der Waals surface area contributed by atoms with Gasteiger partial charge in [-0.15, -0.1) is 6.58 Å². The first-order valence-electron chi connectivity index (χ1n) is 6.51. The minimum atomic E-state index is 0.655. The molecule has 100 valence electrons. The van der Waals surface area contributed by atoms with Crippen LogP contribution in [0, 0.1) is 0 Å². The lowest BCUT2D eigenvalue weighted by atomic mass is 10.2. The first kappa shape index (κ1) is 13.6. The van der Waals surface area contributed by atoms with Crippen LogP contribution in [0.25, 0.3) is 10.9 Å². The predicted molar refractivity (Wildman–Crippen MR) is 79.4 cm³/mol. The summed E-state index contributed by atoms with van der Waals surface area (Å²) in [6, 6.07) is 10.1. The molecule has 0 unspecified atom stereocenters.